The van der Waals surface area contributed by atoms with Crippen molar-refractivity contribution < 1.29 is 19.1 Å². The second-order valence-electron chi connectivity index (χ2n) is 4.94. The van der Waals surface area contributed by atoms with E-state index in [-0.39, 0.29) is 13.0 Å². The zero-order valence-electron chi connectivity index (χ0n) is 12.5. The Bertz CT molecular complexity index is 496. The highest BCUT2D eigenvalue weighted by Gasteiger charge is 2.36. The molecule has 0 aromatic heterocycles. The Kier molecular flexibility index (Phi) is 7.48. The third-order valence-corrected chi connectivity index (χ3v) is 3.53. The maximum Gasteiger partial charge on any atom is 0.408 e. The van der Waals surface area contributed by atoms with Crippen molar-refractivity contribution in [1.82, 2.24) is 5.32 Å². The molecule has 1 aromatic carbocycles. The third kappa shape index (κ3) is 6.12. The number of carbonyl (C=O) groups excluding carboxylic acids is 2. The van der Waals surface area contributed by atoms with Crippen LogP contribution in [0.5, 0.6) is 0 Å². The summed E-state index contributed by atoms with van der Waals surface area (Å²) in [4.78, 5) is 23.1. The van der Waals surface area contributed by atoms with E-state index in [4.69, 9.17) is 32.7 Å². The van der Waals surface area contributed by atoms with Crippen LogP contribution in [-0.4, -0.2) is 29.5 Å². The number of ether oxygens (including phenoxy) is 2. The molecule has 0 aliphatic carbocycles. The van der Waals surface area contributed by atoms with Gasteiger partial charge in [-0.15, -0.1) is 23.2 Å². The molecule has 0 heterocycles. The van der Waals surface area contributed by atoms with Crippen molar-refractivity contribution in [2.24, 2.45) is 0 Å². The van der Waals surface area contributed by atoms with E-state index in [2.05, 4.69) is 5.32 Å². The minimum absolute atomic E-state index is 0.109. The number of esters is 1. The summed E-state index contributed by atoms with van der Waals surface area (Å²) in [5.74, 6) is -0.585. The van der Waals surface area contributed by atoms with Crippen LogP contribution in [0.4, 0.5) is 4.79 Å². The summed E-state index contributed by atoms with van der Waals surface area (Å²) in [5.41, 5.74) is -0.399. The molecule has 5 nitrogen and oxygen atoms in total. The molecule has 22 heavy (non-hydrogen) atoms. The Morgan fingerprint density at radius 2 is 1.91 bits per heavy atom. The Morgan fingerprint density at radius 1 is 1.27 bits per heavy atom. The summed E-state index contributed by atoms with van der Waals surface area (Å²) >= 11 is 11.4. The fourth-order valence-corrected chi connectivity index (χ4v) is 2.04. The van der Waals surface area contributed by atoms with Crippen LogP contribution < -0.4 is 5.32 Å². The van der Waals surface area contributed by atoms with Crippen molar-refractivity contribution in [3.8, 4) is 0 Å². The SMILES string of the molecule is COC(=O)[C@@](C)(CCC(Cl)Cl)NC(=O)OCc1ccccc1. The lowest BCUT2D eigenvalue weighted by molar-refractivity contribution is -0.148. The highest BCUT2D eigenvalue weighted by Crippen LogP contribution is 2.20. The lowest BCUT2D eigenvalue weighted by Crippen LogP contribution is -2.53. The first-order valence-corrected chi connectivity index (χ1v) is 7.60. The first kappa shape index (κ1) is 18.6. The van der Waals surface area contributed by atoms with Crippen molar-refractivity contribution in [3.05, 3.63) is 35.9 Å². The maximum absolute atomic E-state index is 11.9. The fraction of sp³-hybridized carbons (Fsp3) is 0.467. The van der Waals surface area contributed by atoms with Gasteiger partial charge in [-0.1, -0.05) is 30.3 Å². The molecule has 1 amide bonds. The van der Waals surface area contributed by atoms with Gasteiger partial charge < -0.3 is 14.8 Å². The molecule has 0 fully saturated rings. The quantitative estimate of drug-likeness (QED) is 0.606. The zero-order chi connectivity index (χ0) is 16.6. The molecule has 1 rings (SSSR count). The lowest BCUT2D eigenvalue weighted by atomic mass is 9.96. The molecule has 7 heteroatoms. The van der Waals surface area contributed by atoms with Crippen molar-refractivity contribution >= 4 is 35.3 Å². The molecule has 1 atom stereocenters. The summed E-state index contributed by atoms with van der Waals surface area (Å²) in [6.07, 6.45) is -0.150. The van der Waals surface area contributed by atoms with E-state index in [9.17, 15) is 9.59 Å². The van der Waals surface area contributed by atoms with Crippen LogP contribution in [0.1, 0.15) is 25.3 Å². The van der Waals surface area contributed by atoms with E-state index in [1.165, 1.54) is 7.11 Å². The molecule has 0 saturated heterocycles. The van der Waals surface area contributed by atoms with E-state index < -0.39 is 22.4 Å². The standard InChI is InChI=1S/C15H19Cl2NO4/c1-15(13(19)21-2,9-8-12(16)17)18-14(20)22-10-11-6-4-3-5-7-11/h3-7,12H,8-10H2,1-2H3,(H,18,20)/t15-/m1/s1. The van der Waals surface area contributed by atoms with E-state index in [1.807, 2.05) is 30.3 Å². The monoisotopic (exact) mass is 347 g/mol. The number of carbonyl (C=O) groups is 2. The summed E-state index contributed by atoms with van der Waals surface area (Å²) in [5, 5.41) is 2.52. The maximum atomic E-state index is 11.9. The largest absolute Gasteiger partial charge is 0.467 e. The third-order valence-electron chi connectivity index (χ3n) is 3.09. The van der Waals surface area contributed by atoms with Crippen molar-refractivity contribution in [2.75, 3.05) is 7.11 Å². The van der Waals surface area contributed by atoms with E-state index in [0.29, 0.717) is 6.42 Å². The number of rotatable bonds is 7. The van der Waals surface area contributed by atoms with Gasteiger partial charge in [-0.3, -0.25) is 0 Å². The molecule has 0 saturated carbocycles. The Morgan fingerprint density at radius 3 is 2.45 bits per heavy atom. The van der Waals surface area contributed by atoms with Crippen LogP contribution in [0, 0.1) is 0 Å². The number of amides is 1. The molecule has 0 aliphatic rings. The zero-order valence-corrected chi connectivity index (χ0v) is 14.0. The minimum atomic E-state index is -1.25. The Labute approximate surface area is 139 Å². The highest BCUT2D eigenvalue weighted by molar-refractivity contribution is 6.44. The van der Waals surface area contributed by atoms with Crippen LogP contribution in [-0.2, 0) is 20.9 Å². The fourth-order valence-electron chi connectivity index (χ4n) is 1.82. The normalized spacial score (nSPS) is 13.3. The van der Waals surface area contributed by atoms with Crippen LogP contribution in [0.25, 0.3) is 0 Å². The molecular weight excluding hydrogens is 329 g/mol. The molecule has 0 radical (unpaired) electrons. The van der Waals surface area contributed by atoms with Crippen LogP contribution >= 0.6 is 23.2 Å². The van der Waals surface area contributed by atoms with Gasteiger partial charge >= 0.3 is 12.1 Å². The molecule has 0 unspecified atom stereocenters. The molecule has 0 spiro atoms. The number of halogens is 2. The van der Waals surface area contributed by atoms with Crippen LogP contribution in [0.3, 0.4) is 0 Å². The van der Waals surface area contributed by atoms with Gasteiger partial charge in [-0.25, -0.2) is 9.59 Å². The smallest absolute Gasteiger partial charge is 0.408 e. The predicted molar refractivity (Wildman–Crippen MR) is 84.9 cm³/mol. The minimum Gasteiger partial charge on any atom is -0.467 e. The Balaban J connectivity index is 2.60. The van der Waals surface area contributed by atoms with E-state index in [0.717, 1.165) is 5.56 Å². The molecule has 122 valence electrons. The number of alkyl halides is 2. The number of benzene rings is 1. The van der Waals surface area contributed by atoms with Crippen LogP contribution in [0.15, 0.2) is 30.3 Å². The van der Waals surface area contributed by atoms with Gasteiger partial charge in [0.1, 0.15) is 17.0 Å². The van der Waals surface area contributed by atoms with Crippen molar-refractivity contribution in [1.29, 1.82) is 0 Å². The second-order valence-corrected chi connectivity index (χ2v) is 6.22. The molecule has 1 N–H and O–H groups in total. The molecular formula is C15H19Cl2NO4. The van der Waals surface area contributed by atoms with Gasteiger partial charge in [0, 0.05) is 0 Å². The average Bonchev–Trinajstić information content (AvgIpc) is 2.51. The van der Waals surface area contributed by atoms with E-state index >= 15 is 0 Å². The number of methoxy groups -OCH3 is 1. The second kappa shape index (κ2) is 8.86. The van der Waals surface area contributed by atoms with Gasteiger partial charge in [-0.2, -0.15) is 0 Å². The number of hydrogen-bond donors (Lipinski definition) is 1. The molecule has 0 bridgehead atoms. The van der Waals surface area contributed by atoms with Gasteiger partial charge in [0.2, 0.25) is 0 Å². The number of hydrogen-bond acceptors (Lipinski definition) is 4. The topological polar surface area (TPSA) is 64.6 Å². The van der Waals surface area contributed by atoms with Crippen LogP contribution in [0.2, 0.25) is 0 Å². The van der Waals surface area contributed by atoms with Gasteiger partial charge in [0.15, 0.2) is 0 Å². The van der Waals surface area contributed by atoms with Gasteiger partial charge in [0.25, 0.3) is 0 Å². The van der Waals surface area contributed by atoms with Crippen molar-refractivity contribution in [2.45, 2.75) is 36.7 Å². The van der Waals surface area contributed by atoms with E-state index in [1.54, 1.807) is 6.92 Å². The highest BCUT2D eigenvalue weighted by atomic mass is 35.5. The first-order valence-electron chi connectivity index (χ1n) is 6.73. The lowest BCUT2D eigenvalue weighted by Gasteiger charge is -2.27. The summed E-state index contributed by atoms with van der Waals surface area (Å²) < 4.78 is 9.82. The molecule has 0 aliphatic heterocycles. The number of nitrogens with one attached hydrogen (secondary N) is 1. The number of alkyl carbamates (subject to hydrolysis) is 1. The summed E-state index contributed by atoms with van der Waals surface area (Å²) in [6, 6.07) is 9.22. The van der Waals surface area contributed by atoms with Crippen molar-refractivity contribution in [3.63, 3.8) is 0 Å². The Hall–Kier alpha value is -1.46. The average molecular weight is 348 g/mol. The van der Waals surface area contributed by atoms with Gasteiger partial charge in [0.05, 0.1) is 7.11 Å². The predicted octanol–water partition coefficient (Wildman–Crippen LogP) is 3.43. The summed E-state index contributed by atoms with van der Waals surface area (Å²) in [6.45, 7) is 1.65. The first-order chi connectivity index (χ1) is 10.4. The molecule has 1 aromatic rings. The summed E-state index contributed by atoms with van der Waals surface area (Å²) in [7, 11) is 1.25. The van der Waals surface area contributed by atoms with Gasteiger partial charge in [-0.05, 0) is 25.3 Å².